The number of fused-ring (bicyclic) bond motifs is 5. The van der Waals surface area contributed by atoms with E-state index in [1.807, 2.05) is 30.5 Å². The summed E-state index contributed by atoms with van der Waals surface area (Å²) in [5.74, 6) is 0. The summed E-state index contributed by atoms with van der Waals surface area (Å²) in [7, 11) is 0. The van der Waals surface area contributed by atoms with E-state index in [2.05, 4.69) is 86.4 Å². The number of hydrogen-bond acceptors (Lipinski definition) is 4. The Morgan fingerprint density at radius 1 is 0.912 bits per heavy atom. The second kappa shape index (κ2) is 7.78. The van der Waals surface area contributed by atoms with Crippen molar-refractivity contribution in [3.63, 3.8) is 0 Å². The van der Waals surface area contributed by atoms with Crippen molar-refractivity contribution in [2.45, 2.75) is 34.1 Å². The zero-order valence-corrected chi connectivity index (χ0v) is 20.7. The summed E-state index contributed by atoms with van der Waals surface area (Å²) < 4.78 is 6.38. The first-order valence-electron chi connectivity index (χ1n) is 11.6. The van der Waals surface area contributed by atoms with Gasteiger partial charge in [0.1, 0.15) is 5.58 Å². The smallest absolute Gasteiger partial charge is 0.227 e. The molecule has 0 radical (unpaired) electrons. The second-order valence-electron chi connectivity index (χ2n) is 10.2. The summed E-state index contributed by atoms with van der Waals surface area (Å²) in [5, 5.41) is 4.49. The predicted molar refractivity (Wildman–Crippen MR) is 143 cm³/mol. The minimum atomic E-state index is 0.274. The number of benzene rings is 2. The van der Waals surface area contributed by atoms with E-state index >= 15 is 0 Å². The summed E-state index contributed by atoms with van der Waals surface area (Å²) in [6, 6.07) is 23.6. The number of hydrogen-bond donors (Lipinski definition) is 0. The molecule has 4 aromatic heterocycles. The number of pyridine rings is 2. The average Bonchev–Trinajstić information content (AvgIpc) is 3.42. The molecule has 0 spiro atoms. The van der Waals surface area contributed by atoms with Gasteiger partial charge < -0.3 is 4.42 Å². The van der Waals surface area contributed by atoms with Crippen molar-refractivity contribution in [2.24, 2.45) is 5.41 Å². The van der Waals surface area contributed by atoms with Crippen LogP contribution in [0.15, 0.2) is 77.3 Å². The van der Waals surface area contributed by atoms with Gasteiger partial charge in [-0.05, 0) is 77.6 Å². The van der Waals surface area contributed by atoms with E-state index in [1.165, 1.54) is 26.1 Å². The fraction of sp³-hybridized carbons (Fsp3) is 0.200. The largest absolute Gasteiger partial charge is 0.437 e. The Kier molecular flexibility index (Phi) is 4.82. The Morgan fingerprint density at radius 3 is 2.62 bits per heavy atom. The first kappa shape index (κ1) is 21.1. The number of nitrogens with zero attached hydrogens (tertiary/aromatic N) is 2. The summed E-state index contributed by atoms with van der Waals surface area (Å²) in [5.41, 5.74) is 5.83. The Labute approximate surface area is 203 Å². The molecule has 0 saturated carbocycles. The third kappa shape index (κ3) is 3.68. The van der Waals surface area contributed by atoms with Crippen LogP contribution < -0.4 is 0 Å². The number of furan rings is 1. The highest BCUT2D eigenvalue weighted by Gasteiger charge is 2.19. The lowest BCUT2D eigenvalue weighted by Crippen LogP contribution is -2.07. The molecule has 3 nitrogen and oxygen atoms in total. The first-order valence-corrected chi connectivity index (χ1v) is 12.4. The third-order valence-corrected chi connectivity index (χ3v) is 7.29. The van der Waals surface area contributed by atoms with Crippen LogP contribution in [0.1, 0.15) is 31.3 Å². The van der Waals surface area contributed by atoms with E-state index in [4.69, 9.17) is 9.40 Å². The minimum absolute atomic E-state index is 0.274. The predicted octanol–water partition coefficient (Wildman–Crippen LogP) is 8.82. The van der Waals surface area contributed by atoms with Crippen LogP contribution in [0.25, 0.3) is 54.5 Å². The zero-order valence-electron chi connectivity index (χ0n) is 19.8. The molecule has 2 aromatic carbocycles. The molecule has 6 aromatic rings. The lowest BCUT2D eigenvalue weighted by atomic mass is 9.92. The van der Waals surface area contributed by atoms with Crippen LogP contribution in [0.2, 0.25) is 0 Å². The maximum Gasteiger partial charge on any atom is 0.227 e. The number of rotatable bonds is 3. The standard InChI is InChI=1S/C30H26N2OS/c1-18-9-11-23-27-22-8-6-5-7-19(22)15-24(28(27)33-29(23)32-18)25-16-20(13-14-31-25)26-12-10-21(34-26)17-30(2,3)4/h5-16H,17H2,1-4H3. The highest BCUT2D eigenvalue weighted by Crippen LogP contribution is 2.41. The van der Waals surface area contributed by atoms with E-state index in [1.54, 1.807) is 0 Å². The van der Waals surface area contributed by atoms with Crippen LogP contribution in [0.4, 0.5) is 0 Å². The van der Waals surface area contributed by atoms with Crippen molar-refractivity contribution >= 4 is 44.2 Å². The molecule has 0 saturated heterocycles. The highest BCUT2D eigenvalue weighted by molar-refractivity contribution is 7.15. The Bertz CT molecular complexity index is 1680. The molecule has 0 aliphatic rings. The number of aryl methyl sites for hydroxylation is 1. The quantitative estimate of drug-likeness (QED) is 0.264. The maximum atomic E-state index is 6.38. The molecule has 4 heteroatoms. The average molecular weight is 463 g/mol. The Balaban J connectivity index is 1.55. The SMILES string of the molecule is Cc1ccc2c(n1)oc1c(-c3cc(-c4ccc(CC(C)(C)C)s4)ccn3)cc3ccccc3c12. The molecule has 4 heterocycles. The summed E-state index contributed by atoms with van der Waals surface area (Å²) in [4.78, 5) is 12.1. The Hall–Kier alpha value is -3.50. The Morgan fingerprint density at radius 2 is 1.76 bits per heavy atom. The molecule has 0 aliphatic carbocycles. The lowest BCUT2D eigenvalue weighted by molar-refractivity contribution is 0.414. The molecule has 0 unspecified atom stereocenters. The van der Waals surface area contributed by atoms with Crippen LogP contribution in [-0.4, -0.2) is 9.97 Å². The number of thiophene rings is 1. The second-order valence-corrected chi connectivity index (χ2v) is 11.4. The van der Waals surface area contributed by atoms with Crippen LogP contribution in [0, 0.1) is 12.3 Å². The minimum Gasteiger partial charge on any atom is -0.437 e. The molecule has 0 N–H and O–H groups in total. The van der Waals surface area contributed by atoms with Gasteiger partial charge in [0.25, 0.3) is 0 Å². The molecular weight excluding hydrogens is 436 g/mol. The number of aromatic nitrogens is 2. The highest BCUT2D eigenvalue weighted by atomic mass is 32.1. The maximum absolute atomic E-state index is 6.38. The molecule has 34 heavy (non-hydrogen) atoms. The molecule has 0 atom stereocenters. The molecular formula is C30H26N2OS. The van der Waals surface area contributed by atoms with Crippen molar-refractivity contribution in [3.8, 4) is 21.7 Å². The van der Waals surface area contributed by atoms with Gasteiger partial charge in [0.2, 0.25) is 5.71 Å². The van der Waals surface area contributed by atoms with Gasteiger partial charge >= 0.3 is 0 Å². The fourth-order valence-corrected chi connectivity index (χ4v) is 5.98. The first-order chi connectivity index (χ1) is 16.4. The van der Waals surface area contributed by atoms with E-state index in [0.29, 0.717) is 5.71 Å². The van der Waals surface area contributed by atoms with Gasteiger partial charge in [0, 0.05) is 38.0 Å². The molecule has 168 valence electrons. The zero-order chi connectivity index (χ0) is 23.4. The van der Waals surface area contributed by atoms with E-state index in [0.717, 1.165) is 39.7 Å². The molecule has 0 amide bonds. The van der Waals surface area contributed by atoms with Gasteiger partial charge in [0.15, 0.2) is 0 Å². The summed E-state index contributed by atoms with van der Waals surface area (Å²) in [6.07, 6.45) is 2.98. The van der Waals surface area contributed by atoms with Crippen molar-refractivity contribution in [1.82, 2.24) is 9.97 Å². The lowest BCUT2D eigenvalue weighted by Gasteiger charge is -2.16. The van der Waals surface area contributed by atoms with Crippen molar-refractivity contribution in [3.05, 3.63) is 83.5 Å². The van der Waals surface area contributed by atoms with Crippen LogP contribution in [-0.2, 0) is 6.42 Å². The normalized spacial score (nSPS) is 12.2. The van der Waals surface area contributed by atoms with Gasteiger partial charge in [-0.1, -0.05) is 45.0 Å². The van der Waals surface area contributed by atoms with Crippen molar-refractivity contribution < 1.29 is 4.42 Å². The molecule has 0 fully saturated rings. The van der Waals surface area contributed by atoms with Crippen LogP contribution in [0.3, 0.4) is 0 Å². The fourth-order valence-electron chi connectivity index (χ4n) is 4.67. The third-order valence-electron chi connectivity index (χ3n) is 6.16. The molecule has 0 aliphatic heterocycles. The summed E-state index contributed by atoms with van der Waals surface area (Å²) >= 11 is 1.87. The van der Waals surface area contributed by atoms with Crippen molar-refractivity contribution in [1.29, 1.82) is 0 Å². The van der Waals surface area contributed by atoms with Crippen molar-refractivity contribution in [2.75, 3.05) is 0 Å². The summed E-state index contributed by atoms with van der Waals surface area (Å²) in [6.45, 7) is 8.84. The van der Waals surface area contributed by atoms with E-state index in [9.17, 15) is 0 Å². The van der Waals surface area contributed by atoms with E-state index in [-0.39, 0.29) is 5.41 Å². The van der Waals surface area contributed by atoms with Gasteiger partial charge in [-0.2, -0.15) is 0 Å². The van der Waals surface area contributed by atoms with Crippen LogP contribution >= 0.6 is 11.3 Å². The van der Waals surface area contributed by atoms with Gasteiger partial charge in [0.05, 0.1) is 5.69 Å². The van der Waals surface area contributed by atoms with Gasteiger partial charge in [-0.3, -0.25) is 4.98 Å². The molecule has 6 rings (SSSR count). The monoisotopic (exact) mass is 462 g/mol. The molecule has 0 bridgehead atoms. The van der Waals surface area contributed by atoms with Gasteiger partial charge in [-0.25, -0.2) is 4.98 Å². The topological polar surface area (TPSA) is 38.9 Å². The van der Waals surface area contributed by atoms with E-state index < -0.39 is 0 Å². The van der Waals surface area contributed by atoms with Gasteiger partial charge in [-0.15, -0.1) is 11.3 Å². The van der Waals surface area contributed by atoms with Crippen LogP contribution in [0.5, 0.6) is 0 Å².